The van der Waals surface area contributed by atoms with Crippen LogP contribution in [0.5, 0.6) is 0 Å². The van der Waals surface area contributed by atoms with Crippen LogP contribution >= 0.6 is 11.6 Å². The van der Waals surface area contributed by atoms with E-state index in [0.717, 1.165) is 21.4 Å². The van der Waals surface area contributed by atoms with Gasteiger partial charge in [0.05, 0.1) is 16.6 Å². The topological polar surface area (TPSA) is 48.9 Å². The second-order valence-electron chi connectivity index (χ2n) is 7.06. The first kappa shape index (κ1) is 18.3. The van der Waals surface area contributed by atoms with Crippen molar-refractivity contribution in [2.24, 2.45) is 14.1 Å². The van der Waals surface area contributed by atoms with E-state index in [1.54, 1.807) is 13.1 Å². The maximum atomic E-state index is 13.1. The molecule has 142 valence electrons. The number of halogens is 1. The van der Waals surface area contributed by atoms with Gasteiger partial charge >= 0.3 is 5.69 Å². The van der Waals surface area contributed by atoms with Gasteiger partial charge in [-0.2, -0.15) is 0 Å². The molecule has 0 saturated heterocycles. The summed E-state index contributed by atoms with van der Waals surface area (Å²) in [6.07, 6.45) is 1.83. The summed E-state index contributed by atoms with van der Waals surface area (Å²) in [4.78, 5) is 25.5. The number of hydrogen-bond acceptors (Lipinski definition) is 2. The molecule has 0 radical (unpaired) electrons. The Morgan fingerprint density at radius 2 is 1.61 bits per heavy atom. The minimum atomic E-state index is -0.361. The van der Waals surface area contributed by atoms with Gasteiger partial charge in [0, 0.05) is 36.6 Å². The zero-order chi connectivity index (χ0) is 20.2. The van der Waals surface area contributed by atoms with Crippen molar-refractivity contribution in [2.75, 3.05) is 0 Å². The van der Waals surface area contributed by atoms with Gasteiger partial charge in [-0.1, -0.05) is 35.9 Å². The third-order valence-electron chi connectivity index (χ3n) is 5.34. The molecule has 6 heteroatoms. The van der Waals surface area contributed by atoms with Crippen LogP contribution in [0.15, 0.2) is 58.3 Å². The normalized spacial score (nSPS) is 11.3. The smallest absolute Gasteiger partial charge is 0.314 e. The summed E-state index contributed by atoms with van der Waals surface area (Å²) in [7, 11) is 3.17. The van der Waals surface area contributed by atoms with Gasteiger partial charge in [0.2, 0.25) is 0 Å². The minimum Gasteiger partial charge on any atom is -0.314 e. The van der Waals surface area contributed by atoms with Crippen LogP contribution in [0.4, 0.5) is 0 Å². The molecule has 0 spiro atoms. The Labute approximate surface area is 167 Å². The second-order valence-corrected chi connectivity index (χ2v) is 7.47. The van der Waals surface area contributed by atoms with Crippen molar-refractivity contribution in [3.05, 3.63) is 85.6 Å². The molecule has 0 atom stereocenters. The molecule has 28 heavy (non-hydrogen) atoms. The van der Waals surface area contributed by atoms with E-state index in [0.29, 0.717) is 21.6 Å². The summed E-state index contributed by atoms with van der Waals surface area (Å²) in [6.45, 7) is 4.10. The average molecular weight is 394 g/mol. The van der Waals surface area contributed by atoms with Crippen LogP contribution in [-0.2, 0) is 14.1 Å². The standard InChI is InChI=1S/C22H20ClN3O2/c1-13-9-10-15(11-14(13)2)26-12-18-19(21(27)25(4)22(28)24(18)3)20(26)16-7-5-6-8-17(16)23/h5-12H,1-4H3. The van der Waals surface area contributed by atoms with Crippen LogP contribution in [0.25, 0.3) is 27.8 Å². The maximum absolute atomic E-state index is 13.1. The van der Waals surface area contributed by atoms with Crippen molar-refractivity contribution in [1.82, 2.24) is 13.7 Å². The van der Waals surface area contributed by atoms with E-state index in [1.807, 2.05) is 48.0 Å². The SMILES string of the molecule is Cc1ccc(-n2cc3c(c2-c2ccccc2Cl)c(=O)n(C)c(=O)n3C)cc1C. The van der Waals surface area contributed by atoms with Crippen molar-refractivity contribution in [1.29, 1.82) is 0 Å². The molecule has 2 aromatic carbocycles. The van der Waals surface area contributed by atoms with Gasteiger partial charge in [-0.3, -0.25) is 13.9 Å². The fourth-order valence-corrected chi connectivity index (χ4v) is 3.76. The van der Waals surface area contributed by atoms with E-state index in [2.05, 4.69) is 13.0 Å². The Hall–Kier alpha value is -3.05. The third-order valence-corrected chi connectivity index (χ3v) is 5.67. The Morgan fingerprint density at radius 1 is 0.893 bits per heavy atom. The maximum Gasteiger partial charge on any atom is 0.330 e. The van der Waals surface area contributed by atoms with Crippen LogP contribution in [0.2, 0.25) is 5.02 Å². The van der Waals surface area contributed by atoms with Crippen molar-refractivity contribution < 1.29 is 0 Å². The van der Waals surface area contributed by atoms with Crippen LogP contribution in [-0.4, -0.2) is 13.7 Å². The Kier molecular flexibility index (Phi) is 4.27. The molecule has 0 saturated carbocycles. The molecule has 4 rings (SSSR count). The predicted octanol–water partition coefficient (Wildman–Crippen LogP) is 3.97. The molecule has 0 aliphatic carbocycles. The monoisotopic (exact) mass is 393 g/mol. The summed E-state index contributed by atoms with van der Waals surface area (Å²) in [5.74, 6) is 0. The van der Waals surface area contributed by atoms with Gasteiger partial charge in [-0.05, 0) is 43.2 Å². The number of aromatic nitrogens is 3. The molecule has 4 aromatic rings. The Bertz CT molecular complexity index is 1360. The largest absolute Gasteiger partial charge is 0.330 e. The predicted molar refractivity (Wildman–Crippen MR) is 114 cm³/mol. The lowest BCUT2D eigenvalue weighted by molar-refractivity contribution is 0.714. The van der Waals surface area contributed by atoms with E-state index >= 15 is 0 Å². The van der Waals surface area contributed by atoms with Gasteiger partial charge in [-0.15, -0.1) is 0 Å². The fourth-order valence-electron chi connectivity index (χ4n) is 3.54. The van der Waals surface area contributed by atoms with Crippen molar-refractivity contribution in [3.63, 3.8) is 0 Å². The van der Waals surface area contributed by atoms with Gasteiger partial charge in [0.25, 0.3) is 5.56 Å². The first-order valence-electron chi connectivity index (χ1n) is 8.95. The van der Waals surface area contributed by atoms with E-state index < -0.39 is 0 Å². The summed E-state index contributed by atoms with van der Waals surface area (Å²) in [6, 6.07) is 13.5. The molecule has 0 amide bonds. The molecule has 2 heterocycles. The highest BCUT2D eigenvalue weighted by Gasteiger charge is 2.21. The van der Waals surface area contributed by atoms with Crippen LogP contribution < -0.4 is 11.2 Å². The zero-order valence-corrected chi connectivity index (χ0v) is 16.9. The molecular weight excluding hydrogens is 374 g/mol. The van der Waals surface area contributed by atoms with E-state index in [1.165, 1.54) is 17.2 Å². The molecule has 0 N–H and O–H groups in total. The number of hydrogen-bond donors (Lipinski definition) is 0. The highest BCUT2D eigenvalue weighted by atomic mass is 35.5. The lowest BCUT2D eigenvalue weighted by Gasteiger charge is -2.13. The molecule has 0 aliphatic rings. The first-order valence-corrected chi connectivity index (χ1v) is 9.32. The van der Waals surface area contributed by atoms with E-state index in [4.69, 9.17) is 11.6 Å². The molecule has 0 aliphatic heterocycles. The quantitative estimate of drug-likeness (QED) is 0.517. The number of fused-ring (bicyclic) bond motifs is 1. The minimum absolute atomic E-state index is 0.337. The third kappa shape index (κ3) is 2.62. The lowest BCUT2D eigenvalue weighted by Crippen LogP contribution is -2.36. The summed E-state index contributed by atoms with van der Waals surface area (Å²) in [5, 5.41) is 1.01. The average Bonchev–Trinajstić information content (AvgIpc) is 3.07. The number of benzene rings is 2. The molecule has 2 aromatic heterocycles. The summed E-state index contributed by atoms with van der Waals surface area (Å²) >= 11 is 6.50. The van der Waals surface area contributed by atoms with Gasteiger partial charge in [-0.25, -0.2) is 4.79 Å². The second kappa shape index (κ2) is 6.53. The number of nitrogens with zero attached hydrogens (tertiary/aromatic N) is 3. The fraction of sp³-hybridized carbons (Fsp3) is 0.182. The summed E-state index contributed by atoms with van der Waals surface area (Å²) in [5.41, 5.74) is 4.53. The molecular formula is C22H20ClN3O2. The van der Waals surface area contributed by atoms with Crippen LogP contribution in [0.3, 0.4) is 0 Å². The lowest BCUT2D eigenvalue weighted by atomic mass is 10.1. The van der Waals surface area contributed by atoms with Crippen LogP contribution in [0, 0.1) is 13.8 Å². The molecule has 0 bridgehead atoms. The highest BCUT2D eigenvalue weighted by Crippen LogP contribution is 2.35. The van der Waals surface area contributed by atoms with Crippen molar-refractivity contribution in [2.45, 2.75) is 13.8 Å². The number of rotatable bonds is 2. The first-order chi connectivity index (χ1) is 13.3. The van der Waals surface area contributed by atoms with Crippen LogP contribution in [0.1, 0.15) is 11.1 Å². The van der Waals surface area contributed by atoms with E-state index in [9.17, 15) is 9.59 Å². The Morgan fingerprint density at radius 3 is 2.29 bits per heavy atom. The Balaban J connectivity index is 2.23. The van der Waals surface area contributed by atoms with Gasteiger partial charge in [0.1, 0.15) is 0 Å². The van der Waals surface area contributed by atoms with Gasteiger partial charge < -0.3 is 4.57 Å². The highest BCUT2D eigenvalue weighted by molar-refractivity contribution is 6.33. The molecule has 0 unspecified atom stereocenters. The summed E-state index contributed by atoms with van der Waals surface area (Å²) < 4.78 is 4.57. The zero-order valence-electron chi connectivity index (χ0n) is 16.2. The van der Waals surface area contributed by atoms with Gasteiger partial charge in [0.15, 0.2) is 0 Å². The van der Waals surface area contributed by atoms with E-state index in [-0.39, 0.29) is 11.2 Å². The molecule has 5 nitrogen and oxygen atoms in total. The molecule has 0 fully saturated rings. The van der Waals surface area contributed by atoms with Crippen molar-refractivity contribution >= 4 is 22.5 Å². The van der Waals surface area contributed by atoms with Crippen molar-refractivity contribution in [3.8, 4) is 16.9 Å². The number of aryl methyl sites for hydroxylation is 3.